The van der Waals surface area contributed by atoms with Gasteiger partial charge in [-0.05, 0) is 0 Å². The number of nitrogens with zero attached hydrogens (tertiary/aromatic N) is 1. The number of nitrogens with two attached hydrogens (primary N) is 1. The van der Waals surface area contributed by atoms with E-state index in [1.54, 1.807) is 0 Å². The fraction of sp³-hybridized carbons (Fsp3) is 0.500. The van der Waals surface area contributed by atoms with E-state index in [0.29, 0.717) is 0 Å². The van der Waals surface area contributed by atoms with Gasteiger partial charge in [-0.25, -0.2) is 15.2 Å². The van der Waals surface area contributed by atoms with Gasteiger partial charge in [0.05, 0.1) is 6.42 Å². The molecule has 10 heteroatoms. The van der Waals surface area contributed by atoms with Crippen LogP contribution in [0.5, 0.6) is 0 Å². The number of hydrazine groups is 1. The average Bonchev–Trinajstić information content (AvgIpc) is 2.71. The lowest BCUT2D eigenvalue weighted by molar-refractivity contribution is -0.137. The summed E-state index contributed by atoms with van der Waals surface area (Å²) in [6.07, 6.45) is 2.25. The second-order valence-electron chi connectivity index (χ2n) is 3.17. The molecule has 0 aromatic carbocycles. The first-order chi connectivity index (χ1) is 8.36. The largest absolute Gasteiger partial charge is 0.493 e. The van der Waals surface area contributed by atoms with Gasteiger partial charge in [-0.2, -0.15) is 0 Å². The zero-order chi connectivity index (χ0) is 13.8. The van der Waals surface area contributed by atoms with Crippen molar-refractivity contribution in [2.75, 3.05) is 13.2 Å². The Balaban J connectivity index is 2.53. The van der Waals surface area contributed by atoms with Crippen LogP contribution in [0.3, 0.4) is 0 Å². The minimum Gasteiger partial charge on any atom is -0.462 e. The van der Waals surface area contributed by atoms with Crippen LogP contribution in [0.1, 0.15) is 6.42 Å². The summed E-state index contributed by atoms with van der Waals surface area (Å²) in [7, 11) is -5.06. The molecule has 2 unspecified atom stereocenters. The molecule has 2 N–H and O–H groups in total. The maximum atomic E-state index is 13.3. The summed E-state index contributed by atoms with van der Waals surface area (Å²) in [5.41, 5.74) is 0. The van der Waals surface area contributed by atoms with Crippen molar-refractivity contribution in [1.82, 2.24) is 4.78 Å². The molecule has 1 rings (SSSR count). The number of carbonyl (C=O) groups is 2. The van der Waals surface area contributed by atoms with Gasteiger partial charge >= 0.3 is 19.9 Å². The Kier molecular flexibility index (Phi) is 4.67. The Morgan fingerprint density at radius 2 is 2.44 bits per heavy atom. The van der Waals surface area contributed by atoms with Crippen molar-refractivity contribution < 1.29 is 32.3 Å². The molecule has 2 atom stereocenters. The molecule has 1 amide bonds. The zero-order valence-electron chi connectivity index (χ0n) is 9.08. The van der Waals surface area contributed by atoms with Gasteiger partial charge in [0.1, 0.15) is 19.3 Å². The summed E-state index contributed by atoms with van der Waals surface area (Å²) in [4.78, 5) is 22.0. The lowest BCUT2D eigenvalue weighted by Crippen LogP contribution is -2.37. The molecule has 1 fully saturated rings. The highest BCUT2D eigenvalue weighted by atomic mass is 31.2. The molecule has 0 aromatic heterocycles. The van der Waals surface area contributed by atoms with E-state index in [1.165, 1.54) is 0 Å². The molecule has 8 nitrogen and oxygen atoms in total. The van der Waals surface area contributed by atoms with Crippen LogP contribution in [0.2, 0.25) is 0 Å². The summed E-state index contributed by atoms with van der Waals surface area (Å²) in [5.74, 6) is 6.25. The van der Waals surface area contributed by atoms with Gasteiger partial charge in [-0.15, -0.1) is 15.4 Å². The van der Waals surface area contributed by atoms with E-state index in [9.17, 15) is 18.4 Å². The highest BCUT2D eigenvalue weighted by Gasteiger charge is 2.38. The quantitative estimate of drug-likeness (QED) is 0.197. The predicted molar refractivity (Wildman–Crippen MR) is 55.4 cm³/mol. The van der Waals surface area contributed by atoms with Gasteiger partial charge in [0.15, 0.2) is 0 Å². The molecule has 0 bridgehead atoms. The van der Waals surface area contributed by atoms with Crippen LogP contribution in [0, 0.1) is 12.3 Å². The number of carbonyl (C=O) groups excluding carboxylic acids is 2. The van der Waals surface area contributed by atoms with Crippen LogP contribution in [-0.2, 0) is 23.4 Å². The average molecular weight is 280 g/mol. The highest BCUT2D eigenvalue weighted by Crippen LogP contribution is 2.50. The van der Waals surface area contributed by atoms with E-state index in [2.05, 4.69) is 14.0 Å². The summed E-state index contributed by atoms with van der Waals surface area (Å²) in [5, 5.41) is 0. The van der Waals surface area contributed by atoms with Crippen molar-refractivity contribution in [3.63, 3.8) is 0 Å². The van der Waals surface area contributed by atoms with Crippen molar-refractivity contribution in [3.8, 4) is 12.3 Å². The smallest absolute Gasteiger partial charge is 0.462 e. The molecule has 0 saturated carbocycles. The van der Waals surface area contributed by atoms with E-state index in [-0.39, 0.29) is 17.8 Å². The fourth-order valence-corrected chi connectivity index (χ4v) is 1.64. The number of rotatable bonds is 4. The van der Waals surface area contributed by atoms with Crippen LogP contribution in [-0.4, -0.2) is 36.2 Å². The van der Waals surface area contributed by atoms with Crippen LogP contribution in [0.25, 0.3) is 0 Å². The van der Waals surface area contributed by atoms with E-state index >= 15 is 0 Å². The van der Waals surface area contributed by atoms with Crippen LogP contribution < -0.4 is 5.84 Å². The van der Waals surface area contributed by atoms with Crippen LogP contribution >= 0.6 is 7.83 Å². The first-order valence-corrected chi connectivity index (χ1v) is 6.13. The molecule has 1 aliphatic rings. The van der Waals surface area contributed by atoms with Gasteiger partial charge < -0.3 is 9.47 Å². The number of hydrogen-bond donors (Lipinski definition) is 1. The van der Waals surface area contributed by atoms with E-state index < -0.39 is 32.6 Å². The molecule has 1 aliphatic heterocycles. The third-order valence-electron chi connectivity index (χ3n) is 1.84. The Bertz CT molecular complexity index is 436. The lowest BCUT2D eigenvalue weighted by Gasteiger charge is -2.20. The summed E-state index contributed by atoms with van der Waals surface area (Å²) in [6, 6.07) is 0. The fourth-order valence-electron chi connectivity index (χ4n) is 1.04. The van der Waals surface area contributed by atoms with Crippen molar-refractivity contribution >= 4 is 19.9 Å². The number of cyclic esters (lactones) is 1. The number of terminal acetylenes is 1. The first-order valence-electron chi connectivity index (χ1n) is 4.66. The van der Waals surface area contributed by atoms with Crippen molar-refractivity contribution in [1.29, 1.82) is 0 Å². The number of esters is 1. The van der Waals surface area contributed by atoms with E-state index in [4.69, 9.17) is 12.3 Å². The van der Waals surface area contributed by atoms with Crippen LogP contribution in [0.15, 0.2) is 0 Å². The highest BCUT2D eigenvalue weighted by molar-refractivity contribution is 7.51. The van der Waals surface area contributed by atoms with Gasteiger partial charge in [-0.3, -0.25) is 9.32 Å². The Hall–Kier alpha value is -1.62. The lowest BCUT2D eigenvalue weighted by atomic mass is 10.3. The monoisotopic (exact) mass is 280 g/mol. The Labute approximate surface area is 102 Å². The molecular weight excluding hydrogens is 270 g/mol. The standard InChI is InChI=1S/C8H10FN2O6P/c1-2-3-16-18(9,14)11(10)8(13)17-6-4-7(12)15-5-6/h1,6H,3-5,10H2. The zero-order valence-corrected chi connectivity index (χ0v) is 9.97. The minimum atomic E-state index is -5.06. The predicted octanol–water partition coefficient (Wildman–Crippen LogP) is 0.342. The number of halogens is 1. The molecule has 0 spiro atoms. The minimum absolute atomic E-state index is 0.166. The summed E-state index contributed by atoms with van der Waals surface area (Å²) in [6.45, 7) is -0.792. The number of hydrogen-bond acceptors (Lipinski definition) is 7. The SMILES string of the molecule is C#CCOP(=O)(F)N(N)C(=O)OC1COC(=O)C1. The van der Waals surface area contributed by atoms with Gasteiger partial charge in [-0.1, -0.05) is 5.92 Å². The Morgan fingerprint density at radius 1 is 1.78 bits per heavy atom. The summed E-state index contributed by atoms with van der Waals surface area (Å²) >= 11 is 0. The summed E-state index contributed by atoms with van der Waals surface area (Å²) < 4.78 is 37.3. The molecule has 1 saturated heterocycles. The maximum absolute atomic E-state index is 13.3. The van der Waals surface area contributed by atoms with Gasteiger partial charge in [0.25, 0.3) is 0 Å². The maximum Gasteiger partial charge on any atom is 0.493 e. The second-order valence-corrected chi connectivity index (χ2v) is 4.76. The van der Waals surface area contributed by atoms with E-state index in [0.717, 1.165) is 0 Å². The molecule has 100 valence electrons. The topological polar surface area (TPSA) is 108 Å². The molecule has 18 heavy (non-hydrogen) atoms. The molecule has 0 aliphatic carbocycles. The molecule has 1 heterocycles. The second kappa shape index (κ2) is 5.82. The molecule has 0 aromatic rings. The molecule has 0 radical (unpaired) electrons. The third kappa shape index (κ3) is 3.70. The van der Waals surface area contributed by atoms with Crippen LogP contribution in [0.4, 0.5) is 8.99 Å². The van der Waals surface area contributed by atoms with Gasteiger partial charge in [0, 0.05) is 0 Å². The number of amides is 1. The van der Waals surface area contributed by atoms with Crippen molar-refractivity contribution in [2.45, 2.75) is 12.5 Å². The Morgan fingerprint density at radius 3 is 2.94 bits per heavy atom. The van der Waals surface area contributed by atoms with Gasteiger partial charge in [0.2, 0.25) is 0 Å². The number of ether oxygens (including phenoxy) is 2. The normalized spacial score (nSPS) is 21.6. The van der Waals surface area contributed by atoms with Crippen molar-refractivity contribution in [2.24, 2.45) is 5.84 Å². The van der Waals surface area contributed by atoms with Crippen molar-refractivity contribution in [3.05, 3.63) is 0 Å². The third-order valence-corrected chi connectivity index (χ3v) is 2.97. The molecular formula is C8H10FN2O6P. The van der Waals surface area contributed by atoms with E-state index in [1.807, 2.05) is 5.92 Å². The first kappa shape index (κ1) is 14.4.